The number of aliphatic hydroxyl groups excluding tert-OH is 1. The van der Waals surface area contributed by atoms with Gasteiger partial charge in [-0.1, -0.05) is 50.2 Å². The van der Waals surface area contributed by atoms with Crippen molar-refractivity contribution in [1.29, 1.82) is 0 Å². The van der Waals surface area contributed by atoms with Crippen LogP contribution in [0.4, 0.5) is 26.3 Å². The van der Waals surface area contributed by atoms with Crippen LogP contribution in [0, 0.1) is 17.6 Å². The summed E-state index contributed by atoms with van der Waals surface area (Å²) >= 11 is 0. The zero-order chi connectivity index (χ0) is 27.8. The van der Waals surface area contributed by atoms with Gasteiger partial charge in [0.1, 0.15) is 11.6 Å². The summed E-state index contributed by atoms with van der Waals surface area (Å²) in [5, 5.41) is 11.1. The summed E-state index contributed by atoms with van der Waals surface area (Å²) < 4.78 is 82.6. The number of nitrogens with zero attached hydrogens (tertiary/aromatic N) is 1. The molecule has 38 heavy (non-hydrogen) atoms. The van der Waals surface area contributed by atoms with Gasteiger partial charge >= 0.3 is 6.18 Å². The first-order valence-corrected chi connectivity index (χ1v) is 12.1. The average Bonchev–Trinajstić information content (AvgIpc) is 2.87. The first-order chi connectivity index (χ1) is 17.9. The lowest BCUT2D eigenvalue weighted by Crippen LogP contribution is -2.38. The lowest BCUT2D eigenvalue weighted by atomic mass is 9.76. The van der Waals surface area contributed by atoms with Gasteiger partial charge in [-0.2, -0.15) is 13.2 Å². The highest BCUT2D eigenvalue weighted by Crippen LogP contribution is 2.51. The van der Waals surface area contributed by atoms with Crippen LogP contribution in [0.1, 0.15) is 49.1 Å². The Hall–Kier alpha value is -3.52. The molecule has 3 aromatic carbocycles. The van der Waals surface area contributed by atoms with Gasteiger partial charge in [0, 0.05) is 11.3 Å². The molecule has 0 amide bonds. The third kappa shape index (κ3) is 5.23. The summed E-state index contributed by atoms with van der Waals surface area (Å²) in [6.45, 7) is 4.20. The fourth-order valence-electron chi connectivity index (χ4n) is 5.10. The molecule has 2 unspecified atom stereocenters. The van der Waals surface area contributed by atoms with Crippen LogP contribution in [-0.2, 0) is 6.18 Å². The van der Waals surface area contributed by atoms with Gasteiger partial charge in [0.05, 0.1) is 17.7 Å². The highest BCUT2D eigenvalue weighted by Gasteiger charge is 2.40. The zero-order valence-corrected chi connectivity index (χ0v) is 21.0. The minimum atomic E-state index is -4.54. The SMILES string of the molecule is CC(C)C1=C(c2ccc(C(F)(F)F)cc2)C(c2ccc(F)cc2)=C(C(C)O)C(c2ccc(F)cc2)N1CF. The molecule has 200 valence electrons. The first-order valence-electron chi connectivity index (χ1n) is 12.1. The molecule has 1 N–H and O–H groups in total. The Morgan fingerprint density at radius 1 is 0.763 bits per heavy atom. The fraction of sp³-hybridized carbons (Fsp3) is 0.267. The predicted molar refractivity (Wildman–Crippen MR) is 135 cm³/mol. The number of rotatable bonds is 6. The number of benzene rings is 3. The molecule has 0 saturated heterocycles. The molecule has 0 bridgehead atoms. The van der Waals surface area contributed by atoms with Crippen molar-refractivity contribution in [1.82, 2.24) is 4.90 Å². The molecule has 2 nitrogen and oxygen atoms in total. The van der Waals surface area contributed by atoms with Gasteiger partial charge in [0.25, 0.3) is 0 Å². The third-order valence-electron chi connectivity index (χ3n) is 6.66. The van der Waals surface area contributed by atoms with Crippen LogP contribution >= 0.6 is 0 Å². The van der Waals surface area contributed by atoms with Gasteiger partial charge in [-0.05, 0) is 77.1 Å². The Balaban J connectivity index is 2.11. The van der Waals surface area contributed by atoms with Crippen molar-refractivity contribution >= 4 is 11.1 Å². The molecule has 0 radical (unpaired) electrons. The Labute approximate surface area is 217 Å². The van der Waals surface area contributed by atoms with Crippen molar-refractivity contribution < 1.29 is 31.4 Å². The second-order valence-electron chi connectivity index (χ2n) is 9.55. The van der Waals surface area contributed by atoms with Crippen LogP contribution in [0.3, 0.4) is 0 Å². The minimum absolute atomic E-state index is 0.308. The van der Waals surface area contributed by atoms with E-state index in [1.807, 2.05) is 13.8 Å². The van der Waals surface area contributed by atoms with E-state index >= 15 is 0 Å². The molecule has 1 aliphatic heterocycles. The summed E-state index contributed by atoms with van der Waals surface area (Å²) in [6, 6.07) is 14.7. The molecule has 1 aliphatic rings. The largest absolute Gasteiger partial charge is 0.416 e. The van der Waals surface area contributed by atoms with Crippen molar-refractivity contribution in [2.45, 2.75) is 39.1 Å². The number of hydrogen-bond donors (Lipinski definition) is 1. The van der Waals surface area contributed by atoms with E-state index < -0.39 is 42.3 Å². The van der Waals surface area contributed by atoms with Crippen LogP contribution in [0.2, 0.25) is 0 Å². The van der Waals surface area contributed by atoms with Gasteiger partial charge in [-0.3, -0.25) is 0 Å². The Kier molecular flexibility index (Phi) is 7.74. The van der Waals surface area contributed by atoms with Gasteiger partial charge in [-0.25, -0.2) is 13.2 Å². The Morgan fingerprint density at radius 3 is 1.68 bits per heavy atom. The summed E-state index contributed by atoms with van der Waals surface area (Å²) in [5.74, 6) is -1.28. The van der Waals surface area contributed by atoms with Gasteiger partial charge in [-0.15, -0.1) is 0 Å². The van der Waals surface area contributed by atoms with Crippen LogP contribution in [0.25, 0.3) is 11.1 Å². The quantitative estimate of drug-likeness (QED) is 0.256. The van der Waals surface area contributed by atoms with E-state index in [0.717, 1.165) is 12.1 Å². The molecule has 0 spiro atoms. The maximum absolute atomic E-state index is 14.9. The summed E-state index contributed by atoms with van der Waals surface area (Å²) in [6.07, 6.45) is -5.68. The maximum atomic E-state index is 14.9. The van der Waals surface area contributed by atoms with Crippen molar-refractivity contribution in [2.24, 2.45) is 5.92 Å². The second kappa shape index (κ2) is 10.7. The summed E-state index contributed by atoms with van der Waals surface area (Å²) in [7, 11) is 0. The molecule has 8 heteroatoms. The van der Waals surface area contributed by atoms with E-state index in [1.54, 1.807) is 0 Å². The first kappa shape index (κ1) is 27.5. The fourth-order valence-corrected chi connectivity index (χ4v) is 5.10. The molecule has 0 aliphatic carbocycles. The molecule has 0 aromatic heterocycles. The highest BCUT2D eigenvalue weighted by atomic mass is 19.4. The van der Waals surface area contributed by atoms with E-state index in [4.69, 9.17) is 0 Å². The summed E-state index contributed by atoms with van der Waals surface area (Å²) in [5.41, 5.74) is 2.32. The molecule has 4 rings (SSSR count). The molecule has 0 saturated carbocycles. The monoisotopic (exact) mass is 531 g/mol. The molecule has 2 atom stereocenters. The van der Waals surface area contributed by atoms with Crippen LogP contribution in [0.15, 0.2) is 84.1 Å². The lowest BCUT2D eigenvalue weighted by molar-refractivity contribution is -0.137. The van der Waals surface area contributed by atoms with Gasteiger partial charge in [0.2, 0.25) is 0 Å². The molecule has 1 heterocycles. The third-order valence-corrected chi connectivity index (χ3v) is 6.66. The minimum Gasteiger partial charge on any atom is -0.389 e. The average molecular weight is 532 g/mol. The van der Waals surface area contributed by atoms with Gasteiger partial charge < -0.3 is 10.0 Å². The predicted octanol–water partition coefficient (Wildman–Crippen LogP) is 8.17. The maximum Gasteiger partial charge on any atom is 0.416 e. The summed E-state index contributed by atoms with van der Waals surface area (Å²) in [4.78, 5) is 1.44. The highest BCUT2D eigenvalue weighted by molar-refractivity contribution is 6.08. The molecule has 0 fully saturated rings. The molecular weight excluding hydrogens is 504 g/mol. The second-order valence-corrected chi connectivity index (χ2v) is 9.55. The van der Waals surface area contributed by atoms with Crippen molar-refractivity contribution in [3.8, 4) is 0 Å². The smallest absolute Gasteiger partial charge is 0.389 e. The van der Waals surface area contributed by atoms with E-state index in [-0.39, 0.29) is 5.92 Å². The molecule has 3 aromatic rings. The molecular formula is C30H27F6NO. The normalized spacial score (nSPS) is 17.4. The standard InChI is InChI=1S/C30H27F6NO/c1-17(2)28-27(20-4-10-22(11-5-20)30(34,35)36)26(19-6-12-23(32)13-7-19)25(18(3)38)29(37(28)16-31)21-8-14-24(33)15-9-21/h4-15,17-18,29,38H,16H2,1-3H3. The van der Waals surface area contributed by atoms with E-state index in [1.165, 1.54) is 72.5 Å². The number of allylic oxidation sites excluding steroid dienone is 3. The van der Waals surface area contributed by atoms with Crippen LogP contribution in [0.5, 0.6) is 0 Å². The van der Waals surface area contributed by atoms with E-state index in [2.05, 4.69) is 0 Å². The number of alkyl halides is 4. The van der Waals surface area contributed by atoms with Crippen molar-refractivity contribution in [2.75, 3.05) is 6.80 Å². The van der Waals surface area contributed by atoms with Gasteiger partial charge in [0.15, 0.2) is 6.80 Å². The Bertz CT molecular complexity index is 1340. The van der Waals surface area contributed by atoms with E-state index in [9.17, 15) is 31.4 Å². The van der Waals surface area contributed by atoms with Crippen LogP contribution < -0.4 is 0 Å². The topological polar surface area (TPSA) is 23.5 Å². The number of aliphatic hydroxyl groups is 1. The lowest BCUT2D eigenvalue weighted by Gasteiger charge is -2.44. The zero-order valence-electron chi connectivity index (χ0n) is 21.0. The van der Waals surface area contributed by atoms with Crippen molar-refractivity contribution in [3.63, 3.8) is 0 Å². The van der Waals surface area contributed by atoms with Crippen molar-refractivity contribution in [3.05, 3.63) is 118 Å². The Morgan fingerprint density at radius 2 is 1.24 bits per heavy atom. The number of hydrogen-bond acceptors (Lipinski definition) is 2. The van der Waals surface area contributed by atoms with Crippen LogP contribution in [-0.4, -0.2) is 22.9 Å². The van der Waals surface area contributed by atoms with E-state index in [0.29, 0.717) is 39.1 Å². The number of halogens is 6.